The number of aliphatic carboxylic acids is 1. The van der Waals surface area contributed by atoms with E-state index in [-0.39, 0.29) is 12.5 Å². The highest BCUT2D eigenvalue weighted by atomic mass is 16.4. The largest absolute Gasteiger partial charge is 0.481 e. The summed E-state index contributed by atoms with van der Waals surface area (Å²) in [6.07, 6.45) is 2.17. The Morgan fingerprint density at radius 2 is 2.29 bits per heavy atom. The van der Waals surface area contributed by atoms with E-state index in [1.807, 2.05) is 34.0 Å². The van der Waals surface area contributed by atoms with E-state index >= 15 is 0 Å². The molecule has 0 amide bonds. The summed E-state index contributed by atoms with van der Waals surface area (Å²) in [6.45, 7) is 7.56. The second-order valence-electron chi connectivity index (χ2n) is 4.42. The van der Waals surface area contributed by atoms with Gasteiger partial charge < -0.3 is 5.11 Å². The fourth-order valence-electron chi connectivity index (χ4n) is 1.98. The van der Waals surface area contributed by atoms with Crippen LogP contribution in [0.2, 0.25) is 0 Å². The normalized spacial score (nSPS) is 13.0. The van der Waals surface area contributed by atoms with Crippen molar-refractivity contribution in [2.75, 3.05) is 6.54 Å². The molecule has 0 aliphatic heterocycles. The van der Waals surface area contributed by atoms with Crippen molar-refractivity contribution < 1.29 is 9.90 Å². The molecule has 5 heteroatoms. The van der Waals surface area contributed by atoms with E-state index in [1.165, 1.54) is 0 Å². The topological polar surface area (TPSA) is 58.4 Å². The van der Waals surface area contributed by atoms with Gasteiger partial charge in [0.25, 0.3) is 0 Å². The van der Waals surface area contributed by atoms with E-state index in [4.69, 9.17) is 5.11 Å². The second kappa shape index (κ2) is 5.82. The Hall–Kier alpha value is -1.36. The molecule has 1 N–H and O–H groups in total. The van der Waals surface area contributed by atoms with Crippen LogP contribution in [0.5, 0.6) is 0 Å². The highest BCUT2D eigenvalue weighted by molar-refractivity contribution is 5.67. The average molecular weight is 239 g/mol. The number of hydrogen-bond acceptors (Lipinski definition) is 3. The highest BCUT2D eigenvalue weighted by Crippen LogP contribution is 2.12. The Labute approximate surface area is 102 Å². The summed E-state index contributed by atoms with van der Waals surface area (Å²) in [5, 5.41) is 13.1. The van der Waals surface area contributed by atoms with Gasteiger partial charge in [0.2, 0.25) is 0 Å². The van der Waals surface area contributed by atoms with Crippen LogP contribution in [-0.2, 0) is 18.4 Å². The van der Waals surface area contributed by atoms with Crippen LogP contribution >= 0.6 is 0 Å². The van der Waals surface area contributed by atoms with Gasteiger partial charge in [-0.3, -0.25) is 14.4 Å². The molecule has 1 aromatic rings. The SMILES string of the molecule is CCN(Cc1cn(C)nc1C)C(C)CC(=O)O. The molecule has 17 heavy (non-hydrogen) atoms. The summed E-state index contributed by atoms with van der Waals surface area (Å²) in [6, 6.07) is 0.0390. The zero-order valence-electron chi connectivity index (χ0n) is 11.0. The first-order valence-corrected chi connectivity index (χ1v) is 5.89. The van der Waals surface area contributed by atoms with Crippen molar-refractivity contribution in [1.82, 2.24) is 14.7 Å². The van der Waals surface area contributed by atoms with Gasteiger partial charge in [0, 0.05) is 31.4 Å². The molecule has 0 aromatic carbocycles. The van der Waals surface area contributed by atoms with E-state index in [0.29, 0.717) is 0 Å². The average Bonchev–Trinajstić information content (AvgIpc) is 2.52. The van der Waals surface area contributed by atoms with Crippen molar-refractivity contribution in [2.24, 2.45) is 7.05 Å². The minimum Gasteiger partial charge on any atom is -0.481 e. The van der Waals surface area contributed by atoms with Gasteiger partial charge in [0.05, 0.1) is 12.1 Å². The fraction of sp³-hybridized carbons (Fsp3) is 0.667. The summed E-state index contributed by atoms with van der Waals surface area (Å²) in [7, 11) is 1.90. The van der Waals surface area contributed by atoms with Crippen LogP contribution in [0.15, 0.2) is 6.20 Å². The Kier molecular flexibility index (Phi) is 4.69. The number of carboxylic acids is 1. The van der Waals surface area contributed by atoms with Crippen molar-refractivity contribution in [1.29, 1.82) is 0 Å². The molecule has 0 bridgehead atoms. The van der Waals surface area contributed by atoms with Crippen LogP contribution in [0.25, 0.3) is 0 Å². The van der Waals surface area contributed by atoms with E-state index in [1.54, 1.807) is 4.68 Å². The summed E-state index contributed by atoms with van der Waals surface area (Å²) >= 11 is 0. The first-order chi connectivity index (χ1) is 7.93. The molecule has 1 atom stereocenters. The van der Waals surface area contributed by atoms with Crippen molar-refractivity contribution in [3.05, 3.63) is 17.5 Å². The molecule has 1 heterocycles. The number of carbonyl (C=O) groups is 1. The lowest BCUT2D eigenvalue weighted by Crippen LogP contribution is -2.34. The number of rotatable bonds is 6. The van der Waals surface area contributed by atoms with E-state index in [0.717, 1.165) is 24.3 Å². The molecule has 0 radical (unpaired) electrons. The van der Waals surface area contributed by atoms with Crippen molar-refractivity contribution in [3.8, 4) is 0 Å². The van der Waals surface area contributed by atoms with Gasteiger partial charge >= 0.3 is 5.97 Å². The minimum absolute atomic E-state index is 0.0390. The van der Waals surface area contributed by atoms with Gasteiger partial charge in [-0.2, -0.15) is 5.10 Å². The Balaban J connectivity index is 2.69. The first-order valence-electron chi connectivity index (χ1n) is 5.89. The minimum atomic E-state index is -0.751. The summed E-state index contributed by atoms with van der Waals surface area (Å²) in [5.41, 5.74) is 2.17. The third-order valence-corrected chi connectivity index (χ3v) is 2.99. The maximum atomic E-state index is 10.7. The van der Waals surface area contributed by atoms with E-state index in [9.17, 15) is 4.79 Å². The molecule has 96 valence electrons. The molecule has 0 fully saturated rings. The monoisotopic (exact) mass is 239 g/mol. The molecule has 0 aliphatic carbocycles. The summed E-state index contributed by atoms with van der Waals surface area (Å²) in [4.78, 5) is 12.9. The van der Waals surface area contributed by atoms with Gasteiger partial charge in [-0.15, -0.1) is 0 Å². The molecule has 1 unspecified atom stereocenters. The number of aryl methyl sites for hydroxylation is 2. The van der Waals surface area contributed by atoms with Gasteiger partial charge in [-0.1, -0.05) is 6.92 Å². The van der Waals surface area contributed by atoms with Gasteiger partial charge in [0.1, 0.15) is 0 Å². The van der Waals surface area contributed by atoms with Crippen LogP contribution in [-0.4, -0.2) is 38.3 Å². The van der Waals surface area contributed by atoms with Crippen LogP contribution in [0, 0.1) is 6.92 Å². The predicted molar refractivity (Wildman–Crippen MR) is 65.7 cm³/mol. The molecular weight excluding hydrogens is 218 g/mol. The lowest BCUT2D eigenvalue weighted by atomic mass is 10.1. The Morgan fingerprint density at radius 3 is 2.71 bits per heavy atom. The van der Waals surface area contributed by atoms with Gasteiger partial charge in [-0.05, 0) is 20.4 Å². The van der Waals surface area contributed by atoms with Crippen molar-refractivity contribution in [3.63, 3.8) is 0 Å². The number of hydrogen-bond donors (Lipinski definition) is 1. The highest BCUT2D eigenvalue weighted by Gasteiger charge is 2.17. The smallest absolute Gasteiger partial charge is 0.304 e. The molecule has 0 aliphatic rings. The lowest BCUT2D eigenvalue weighted by molar-refractivity contribution is -0.138. The van der Waals surface area contributed by atoms with Gasteiger partial charge in [0.15, 0.2) is 0 Å². The molecule has 1 rings (SSSR count). The van der Waals surface area contributed by atoms with Crippen molar-refractivity contribution >= 4 is 5.97 Å². The zero-order chi connectivity index (χ0) is 13.0. The lowest BCUT2D eigenvalue weighted by Gasteiger charge is -2.26. The summed E-state index contributed by atoms with van der Waals surface area (Å²) in [5.74, 6) is -0.751. The third kappa shape index (κ3) is 3.85. The van der Waals surface area contributed by atoms with Crippen LogP contribution in [0.4, 0.5) is 0 Å². The quantitative estimate of drug-likeness (QED) is 0.815. The molecule has 0 spiro atoms. The number of carboxylic acid groups (broad SMARTS) is 1. The number of aromatic nitrogens is 2. The maximum absolute atomic E-state index is 10.7. The second-order valence-corrected chi connectivity index (χ2v) is 4.42. The zero-order valence-corrected chi connectivity index (χ0v) is 11.0. The van der Waals surface area contributed by atoms with Crippen LogP contribution in [0.1, 0.15) is 31.5 Å². The van der Waals surface area contributed by atoms with Crippen LogP contribution < -0.4 is 0 Å². The first kappa shape index (κ1) is 13.7. The maximum Gasteiger partial charge on any atom is 0.304 e. The molecule has 1 aromatic heterocycles. The molecule has 0 saturated heterocycles. The summed E-state index contributed by atoms with van der Waals surface area (Å²) < 4.78 is 1.79. The number of nitrogens with zero attached hydrogens (tertiary/aromatic N) is 3. The van der Waals surface area contributed by atoms with Crippen molar-refractivity contribution in [2.45, 2.75) is 39.8 Å². The van der Waals surface area contributed by atoms with E-state index in [2.05, 4.69) is 10.00 Å². The third-order valence-electron chi connectivity index (χ3n) is 2.99. The Bertz CT molecular complexity index is 387. The standard InChI is InChI=1S/C12H21N3O2/c1-5-15(9(2)6-12(16)17)8-11-7-14(4)13-10(11)3/h7,9H,5-6,8H2,1-4H3,(H,16,17). The predicted octanol–water partition coefficient (Wildman–Crippen LogP) is 1.41. The fourth-order valence-corrected chi connectivity index (χ4v) is 1.98. The molecule has 0 saturated carbocycles. The molecule has 5 nitrogen and oxygen atoms in total. The van der Waals surface area contributed by atoms with E-state index < -0.39 is 5.97 Å². The molecular formula is C12H21N3O2. The Morgan fingerprint density at radius 1 is 1.65 bits per heavy atom. The van der Waals surface area contributed by atoms with Crippen LogP contribution in [0.3, 0.4) is 0 Å². The van der Waals surface area contributed by atoms with Gasteiger partial charge in [-0.25, -0.2) is 0 Å².